The van der Waals surface area contributed by atoms with Crippen LogP contribution in [0.1, 0.15) is 27.7 Å². The minimum atomic E-state index is -0.452. The molecule has 1 fully saturated rings. The van der Waals surface area contributed by atoms with Gasteiger partial charge in [-0.25, -0.2) is 0 Å². The third-order valence-electron chi connectivity index (χ3n) is 2.80. The minimum Gasteiger partial charge on any atom is -0.399 e. The van der Waals surface area contributed by atoms with E-state index in [1.165, 1.54) is 6.21 Å². The largest absolute Gasteiger partial charge is 0.495 e. The van der Waals surface area contributed by atoms with Crippen molar-refractivity contribution in [1.82, 2.24) is 0 Å². The summed E-state index contributed by atoms with van der Waals surface area (Å²) in [7, 11) is -0.452. The molecule has 1 saturated heterocycles. The van der Waals surface area contributed by atoms with Gasteiger partial charge in [0.1, 0.15) is 0 Å². The molecular formula is C9H17BN2O2. The molecule has 14 heavy (non-hydrogen) atoms. The summed E-state index contributed by atoms with van der Waals surface area (Å²) in [5.74, 6) is 5.03. The Balaban J connectivity index is 2.78. The zero-order valence-corrected chi connectivity index (χ0v) is 9.20. The van der Waals surface area contributed by atoms with E-state index in [1.807, 2.05) is 27.7 Å². The first kappa shape index (κ1) is 11.3. The fourth-order valence-electron chi connectivity index (χ4n) is 1.15. The van der Waals surface area contributed by atoms with E-state index >= 15 is 0 Å². The molecule has 1 heterocycles. The lowest BCUT2D eigenvalue weighted by Crippen LogP contribution is -2.41. The standard InChI is InChI=1S/C9H17BN2O2/c1-7(6-12-11)10-13-8(2,3)9(4,5)14-10/h6H,1,11H2,2-5H3/b12-6-. The number of nitrogens with two attached hydrogens (primary N) is 1. The molecule has 0 aromatic carbocycles. The van der Waals surface area contributed by atoms with E-state index in [-0.39, 0.29) is 11.2 Å². The van der Waals surface area contributed by atoms with Gasteiger partial charge in [-0.1, -0.05) is 6.58 Å². The zero-order chi connectivity index (χ0) is 11.0. The molecule has 4 nitrogen and oxygen atoms in total. The molecule has 0 aliphatic carbocycles. The van der Waals surface area contributed by atoms with Crippen molar-refractivity contribution < 1.29 is 9.31 Å². The average Bonchev–Trinajstić information content (AvgIpc) is 2.22. The molecule has 0 atom stereocenters. The van der Waals surface area contributed by atoms with Crippen molar-refractivity contribution in [3.05, 3.63) is 12.1 Å². The lowest BCUT2D eigenvalue weighted by atomic mass is 9.80. The molecule has 1 rings (SSSR count). The van der Waals surface area contributed by atoms with E-state index in [9.17, 15) is 0 Å². The summed E-state index contributed by atoms with van der Waals surface area (Å²) < 4.78 is 11.4. The van der Waals surface area contributed by atoms with Crippen LogP contribution in [0.4, 0.5) is 0 Å². The Morgan fingerprint density at radius 3 is 2.07 bits per heavy atom. The van der Waals surface area contributed by atoms with Gasteiger partial charge in [0.15, 0.2) is 0 Å². The molecule has 0 unspecified atom stereocenters. The Morgan fingerprint density at radius 2 is 1.71 bits per heavy atom. The van der Waals surface area contributed by atoms with Crippen LogP contribution in [-0.2, 0) is 9.31 Å². The fraction of sp³-hybridized carbons (Fsp3) is 0.667. The summed E-state index contributed by atoms with van der Waals surface area (Å²) >= 11 is 0. The molecular weight excluding hydrogens is 179 g/mol. The number of hydrazone groups is 1. The molecule has 0 bridgehead atoms. The maximum atomic E-state index is 5.71. The number of hydrogen-bond donors (Lipinski definition) is 1. The van der Waals surface area contributed by atoms with Crippen LogP contribution in [0.3, 0.4) is 0 Å². The Labute approximate surface area is 85.3 Å². The third-order valence-corrected chi connectivity index (χ3v) is 2.80. The Morgan fingerprint density at radius 1 is 1.29 bits per heavy atom. The highest BCUT2D eigenvalue weighted by molar-refractivity contribution is 6.60. The normalized spacial score (nSPS) is 24.4. The Bertz CT molecular complexity index is 258. The van der Waals surface area contributed by atoms with Crippen LogP contribution >= 0.6 is 0 Å². The van der Waals surface area contributed by atoms with E-state index in [0.717, 1.165) is 0 Å². The zero-order valence-electron chi connectivity index (χ0n) is 9.20. The molecule has 0 aromatic rings. The van der Waals surface area contributed by atoms with Crippen molar-refractivity contribution in [2.24, 2.45) is 10.9 Å². The average molecular weight is 196 g/mol. The molecule has 0 saturated carbocycles. The molecule has 1 aliphatic heterocycles. The highest BCUT2D eigenvalue weighted by Gasteiger charge is 2.51. The second-order valence-electron chi connectivity index (χ2n) is 4.44. The fourth-order valence-corrected chi connectivity index (χ4v) is 1.15. The van der Waals surface area contributed by atoms with Gasteiger partial charge in [-0.05, 0) is 33.2 Å². The van der Waals surface area contributed by atoms with Gasteiger partial charge in [0.25, 0.3) is 0 Å². The van der Waals surface area contributed by atoms with Crippen molar-refractivity contribution in [3.63, 3.8) is 0 Å². The monoisotopic (exact) mass is 196 g/mol. The number of rotatable bonds is 2. The first-order chi connectivity index (χ1) is 6.30. The second-order valence-corrected chi connectivity index (χ2v) is 4.44. The lowest BCUT2D eigenvalue weighted by Gasteiger charge is -2.32. The third kappa shape index (κ3) is 1.83. The highest BCUT2D eigenvalue weighted by atomic mass is 16.7. The summed E-state index contributed by atoms with van der Waals surface area (Å²) in [5, 5.41) is 3.39. The van der Waals surface area contributed by atoms with Crippen LogP contribution in [0.25, 0.3) is 0 Å². The van der Waals surface area contributed by atoms with Gasteiger partial charge in [0, 0.05) is 6.21 Å². The van der Waals surface area contributed by atoms with E-state index in [4.69, 9.17) is 15.2 Å². The van der Waals surface area contributed by atoms with Crippen LogP contribution < -0.4 is 5.84 Å². The van der Waals surface area contributed by atoms with Crippen molar-refractivity contribution in [3.8, 4) is 0 Å². The maximum Gasteiger partial charge on any atom is 0.495 e. The van der Waals surface area contributed by atoms with Crippen LogP contribution in [0.15, 0.2) is 17.2 Å². The molecule has 0 spiro atoms. The van der Waals surface area contributed by atoms with Crippen LogP contribution in [0.2, 0.25) is 0 Å². The van der Waals surface area contributed by atoms with Crippen LogP contribution in [-0.4, -0.2) is 24.5 Å². The van der Waals surface area contributed by atoms with Gasteiger partial charge >= 0.3 is 7.12 Å². The summed E-state index contributed by atoms with van der Waals surface area (Å²) in [6, 6.07) is 0. The molecule has 1 aliphatic rings. The minimum absolute atomic E-state index is 0.344. The topological polar surface area (TPSA) is 56.8 Å². The smallest absolute Gasteiger partial charge is 0.399 e. The number of nitrogens with zero attached hydrogens (tertiary/aromatic N) is 1. The van der Waals surface area contributed by atoms with Crippen LogP contribution in [0.5, 0.6) is 0 Å². The van der Waals surface area contributed by atoms with Gasteiger partial charge in [0.05, 0.1) is 11.2 Å². The van der Waals surface area contributed by atoms with Crippen LogP contribution in [0, 0.1) is 0 Å². The van der Waals surface area contributed by atoms with Gasteiger partial charge < -0.3 is 15.2 Å². The SMILES string of the molecule is C=C(/C=N\N)B1OC(C)(C)C(C)(C)O1. The molecule has 0 radical (unpaired) electrons. The number of hydrogen-bond acceptors (Lipinski definition) is 4. The molecule has 5 heteroatoms. The summed E-state index contributed by atoms with van der Waals surface area (Å²) in [5.41, 5.74) is -0.0577. The van der Waals surface area contributed by atoms with E-state index in [0.29, 0.717) is 5.47 Å². The maximum absolute atomic E-state index is 5.71. The van der Waals surface area contributed by atoms with Crippen molar-refractivity contribution in [1.29, 1.82) is 0 Å². The number of allylic oxidation sites excluding steroid dienone is 1. The highest BCUT2D eigenvalue weighted by Crippen LogP contribution is 2.37. The summed E-state index contributed by atoms with van der Waals surface area (Å²) in [4.78, 5) is 0. The predicted molar refractivity (Wildman–Crippen MR) is 57.9 cm³/mol. The predicted octanol–water partition coefficient (Wildman–Crippen LogP) is 1.12. The molecule has 78 valence electrons. The second kappa shape index (κ2) is 3.40. The lowest BCUT2D eigenvalue weighted by molar-refractivity contribution is 0.00578. The first-order valence-corrected chi connectivity index (χ1v) is 4.58. The Kier molecular flexibility index (Phi) is 2.74. The summed E-state index contributed by atoms with van der Waals surface area (Å²) in [6.45, 7) is 11.7. The van der Waals surface area contributed by atoms with Gasteiger partial charge in [-0.15, -0.1) is 0 Å². The molecule has 0 amide bonds. The van der Waals surface area contributed by atoms with Gasteiger partial charge in [-0.2, -0.15) is 5.10 Å². The van der Waals surface area contributed by atoms with Gasteiger partial charge in [-0.3, -0.25) is 0 Å². The van der Waals surface area contributed by atoms with Gasteiger partial charge in [0.2, 0.25) is 0 Å². The Hall–Kier alpha value is -0.805. The van der Waals surface area contributed by atoms with E-state index in [1.54, 1.807) is 0 Å². The first-order valence-electron chi connectivity index (χ1n) is 4.58. The van der Waals surface area contributed by atoms with E-state index < -0.39 is 7.12 Å². The van der Waals surface area contributed by atoms with Crippen molar-refractivity contribution in [2.45, 2.75) is 38.9 Å². The quantitative estimate of drug-likeness (QED) is 0.311. The molecule has 0 aromatic heterocycles. The van der Waals surface area contributed by atoms with E-state index in [2.05, 4.69) is 11.7 Å². The molecule has 2 N–H and O–H groups in total. The summed E-state index contributed by atoms with van der Waals surface area (Å²) in [6.07, 6.45) is 1.45. The van der Waals surface area contributed by atoms with Crippen molar-refractivity contribution >= 4 is 13.3 Å². The van der Waals surface area contributed by atoms with Crippen molar-refractivity contribution in [2.75, 3.05) is 0 Å².